The van der Waals surface area contributed by atoms with Crippen molar-refractivity contribution in [1.82, 2.24) is 0 Å². The van der Waals surface area contributed by atoms with E-state index in [9.17, 15) is 23.2 Å². The van der Waals surface area contributed by atoms with E-state index in [1.165, 1.54) is 55.5 Å². The highest BCUT2D eigenvalue weighted by molar-refractivity contribution is 5.99. The molecule has 2 aromatic rings. The second kappa shape index (κ2) is 8.75. The minimum atomic E-state index is -3.11. The van der Waals surface area contributed by atoms with Crippen LogP contribution < -0.4 is 15.8 Å². The first kappa shape index (κ1) is 19.8. The number of ether oxygens (including phenoxy) is 2. The quantitative estimate of drug-likeness (QED) is 0.720. The summed E-state index contributed by atoms with van der Waals surface area (Å²) in [5, 5.41) is 2.49. The third kappa shape index (κ3) is 5.50. The molecule has 0 aliphatic carbocycles. The summed E-state index contributed by atoms with van der Waals surface area (Å²) in [6.07, 6.45) is -1.21. The predicted octanol–water partition coefficient (Wildman–Crippen LogP) is 2.57. The van der Waals surface area contributed by atoms with Crippen LogP contribution in [-0.4, -0.2) is 30.5 Å². The monoisotopic (exact) mass is 378 g/mol. The third-order valence-corrected chi connectivity index (χ3v) is 3.41. The average Bonchev–Trinajstić information content (AvgIpc) is 2.61. The van der Waals surface area contributed by atoms with E-state index in [1.807, 2.05) is 0 Å². The molecule has 7 nitrogen and oxygen atoms in total. The van der Waals surface area contributed by atoms with Crippen molar-refractivity contribution in [3.8, 4) is 5.75 Å². The highest BCUT2D eigenvalue weighted by Crippen LogP contribution is 2.21. The van der Waals surface area contributed by atoms with Crippen molar-refractivity contribution in [2.45, 2.75) is 19.6 Å². The minimum Gasteiger partial charge on any atom is -0.449 e. The Hall–Kier alpha value is -3.49. The summed E-state index contributed by atoms with van der Waals surface area (Å²) in [6, 6.07) is 11.1. The molecule has 1 atom stereocenters. The summed E-state index contributed by atoms with van der Waals surface area (Å²) in [4.78, 5) is 35.3. The first-order valence-electron chi connectivity index (χ1n) is 7.73. The highest BCUT2D eigenvalue weighted by atomic mass is 19.3. The van der Waals surface area contributed by atoms with Gasteiger partial charge >= 0.3 is 12.6 Å². The number of para-hydroxylation sites is 1. The summed E-state index contributed by atoms with van der Waals surface area (Å²) in [7, 11) is 0. The molecule has 27 heavy (non-hydrogen) atoms. The number of primary amides is 1. The van der Waals surface area contributed by atoms with Crippen molar-refractivity contribution >= 4 is 23.5 Å². The van der Waals surface area contributed by atoms with Gasteiger partial charge in [-0.15, -0.1) is 0 Å². The molecule has 0 radical (unpaired) electrons. The third-order valence-electron chi connectivity index (χ3n) is 3.41. The zero-order valence-corrected chi connectivity index (χ0v) is 14.1. The Morgan fingerprint density at radius 3 is 2.26 bits per heavy atom. The van der Waals surface area contributed by atoms with E-state index < -0.39 is 30.5 Å². The van der Waals surface area contributed by atoms with Crippen molar-refractivity contribution in [2.24, 2.45) is 5.73 Å². The van der Waals surface area contributed by atoms with E-state index in [4.69, 9.17) is 10.5 Å². The van der Waals surface area contributed by atoms with Crippen LogP contribution in [0.15, 0.2) is 48.5 Å². The number of hydrogen-bond acceptors (Lipinski definition) is 5. The summed E-state index contributed by atoms with van der Waals surface area (Å²) in [6.45, 7) is -1.79. The molecular formula is C18H16F2N2O5. The smallest absolute Gasteiger partial charge is 0.387 e. The van der Waals surface area contributed by atoms with E-state index in [0.29, 0.717) is 5.69 Å². The number of halogens is 2. The lowest BCUT2D eigenvalue weighted by Crippen LogP contribution is -2.30. The summed E-state index contributed by atoms with van der Waals surface area (Å²) in [5.74, 6) is -2.60. The van der Waals surface area contributed by atoms with Crippen LogP contribution in [0, 0.1) is 0 Å². The van der Waals surface area contributed by atoms with Gasteiger partial charge in [-0.2, -0.15) is 8.78 Å². The Labute approximate surface area is 153 Å². The molecule has 2 rings (SSSR count). The van der Waals surface area contributed by atoms with Gasteiger partial charge in [0.15, 0.2) is 6.10 Å². The standard InChI is InChI=1S/C18H16F2N2O5/c1-10(16(24)22-12-8-6-11(7-9-12)15(21)23)26-17(25)13-4-2-3-5-14(13)27-18(19)20/h2-10,18H,1H3,(H2,21,23)(H,22,24)/t10-/m0/s1. The fraction of sp³-hybridized carbons (Fsp3) is 0.167. The SMILES string of the molecule is C[C@H](OC(=O)c1ccccc1OC(F)F)C(=O)Nc1ccc(C(N)=O)cc1. The number of benzene rings is 2. The topological polar surface area (TPSA) is 108 Å². The van der Waals surface area contributed by atoms with Gasteiger partial charge in [-0.3, -0.25) is 9.59 Å². The Balaban J connectivity index is 2.01. The molecule has 0 unspecified atom stereocenters. The molecule has 0 saturated heterocycles. The van der Waals surface area contributed by atoms with Crippen molar-refractivity contribution in [2.75, 3.05) is 5.32 Å². The van der Waals surface area contributed by atoms with Gasteiger partial charge in [-0.1, -0.05) is 12.1 Å². The summed E-state index contributed by atoms with van der Waals surface area (Å²) >= 11 is 0. The van der Waals surface area contributed by atoms with Gasteiger partial charge in [0.05, 0.1) is 0 Å². The molecule has 3 N–H and O–H groups in total. The number of nitrogens with one attached hydrogen (secondary N) is 1. The molecule has 0 bridgehead atoms. The van der Waals surface area contributed by atoms with Crippen LogP contribution in [-0.2, 0) is 9.53 Å². The van der Waals surface area contributed by atoms with Crippen LogP contribution in [0.5, 0.6) is 5.75 Å². The van der Waals surface area contributed by atoms with Crippen LogP contribution in [0.2, 0.25) is 0 Å². The van der Waals surface area contributed by atoms with Crippen molar-refractivity contribution < 1.29 is 32.6 Å². The first-order chi connectivity index (χ1) is 12.8. The van der Waals surface area contributed by atoms with Crippen LogP contribution in [0.1, 0.15) is 27.6 Å². The Morgan fingerprint density at radius 1 is 1.04 bits per heavy atom. The Kier molecular flexibility index (Phi) is 6.42. The predicted molar refractivity (Wildman–Crippen MR) is 91.5 cm³/mol. The fourth-order valence-electron chi connectivity index (χ4n) is 2.07. The van der Waals surface area contributed by atoms with Crippen molar-refractivity contribution in [1.29, 1.82) is 0 Å². The Bertz CT molecular complexity index is 840. The first-order valence-corrected chi connectivity index (χ1v) is 7.73. The number of carbonyl (C=O) groups is 3. The number of rotatable bonds is 7. The second-order valence-corrected chi connectivity index (χ2v) is 5.35. The lowest BCUT2D eigenvalue weighted by molar-refractivity contribution is -0.123. The number of nitrogens with two attached hydrogens (primary N) is 1. The molecule has 0 heterocycles. The number of anilines is 1. The normalized spacial score (nSPS) is 11.6. The Morgan fingerprint density at radius 2 is 1.67 bits per heavy atom. The van der Waals surface area contributed by atoms with E-state index >= 15 is 0 Å². The van der Waals surface area contributed by atoms with Crippen molar-refractivity contribution in [3.63, 3.8) is 0 Å². The molecule has 2 amide bonds. The van der Waals surface area contributed by atoms with Crippen LogP contribution in [0.3, 0.4) is 0 Å². The molecule has 0 aromatic heterocycles. The van der Waals surface area contributed by atoms with Crippen LogP contribution >= 0.6 is 0 Å². The van der Waals surface area contributed by atoms with E-state index in [-0.39, 0.29) is 16.9 Å². The number of hydrogen-bond donors (Lipinski definition) is 2. The second-order valence-electron chi connectivity index (χ2n) is 5.35. The zero-order valence-electron chi connectivity index (χ0n) is 14.1. The summed E-state index contributed by atoms with van der Waals surface area (Å²) < 4.78 is 34.1. The van der Waals surface area contributed by atoms with Gasteiger partial charge < -0.3 is 20.5 Å². The summed E-state index contributed by atoms with van der Waals surface area (Å²) in [5.41, 5.74) is 5.51. The molecule has 0 aliphatic rings. The number of esters is 1. The number of amides is 2. The minimum absolute atomic E-state index is 0.233. The lowest BCUT2D eigenvalue weighted by atomic mass is 10.2. The van der Waals surface area contributed by atoms with Gasteiger partial charge in [0.1, 0.15) is 11.3 Å². The van der Waals surface area contributed by atoms with Gasteiger partial charge in [0.25, 0.3) is 5.91 Å². The molecule has 0 spiro atoms. The fourth-order valence-corrected chi connectivity index (χ4v) is 2.07. The zero-order chi connectivity index (χ0) is 20.0. The number of alkyl halides is 2. The van der Waals surface area contributed by atoms with Crippen LogP contribution in [0.25, 0.3) is 0 Å². The van der Waals surface area contributed by atoms with Crippen molar-refractivity contribution in [3.05, 3.63) is 59.7 Å². The lowest BCUT2D eigenvalue weighted by Gasteiger charge is -2.15. The van der Waals surface area contributed by atoms with Gasteiger partial charge in [-0.05, 0) is 43.3 Å². The molecular weight excluding hydrogens is 362 g/mol. The molecule has 2 aromatic carbocycles. The molecule has 9 heteroatoms. The maximum atomic E-state index is 12.4. The van der Waals surface area contributed by atoms with Gasteiger partial charge in [0, 0.05) is 11.3 Å². The number of carbonyl (C=O) groups excluding carboxylic acids is 3. The molecule has 0 aliphatic heterocycles. The largest absolute Gasteiger partial charge is 0.449 e. The highest BCUT2D eigenvalue weighted by Gasteiger charge is 2.22. The molecule has 0 saturated carbocycles. The van der Waals surface area contributed by atoms with Crippen LogP contribution in [0.4, 0.5) is 14.5 Å². The van der Waals surface area contributed by atoms with E-state index in [1.54, 1.807) is 0 Å². The van der Waals surface area contributed by atoms with E-state index in [0.717, 1.165) is 0 Å². The van der Waals surface area contributed by atoms with E-state index in [2.05, 4.69) is 10.1 Å². The maximum absolute atomic E-state index is 12.4. The maximum Gasteiger partial charge on any atom is 0.387 e. The molecule has 142 valence electrons. The average molecular weight is 378 g/mol. The molecule has 0 fully saturated rings. The van der Waals surface area contributed by atoms with Gasteiger partial charge in [0.2, 0.25) is 5.91 Å². The van der Waals surface area contributed by atoms with Gasteiger partial charge in [-0.25, -0.2) is 4.79 Å².